The summed E-state index contributed by atoms with van der Waals surface area (Å²) in [4.78, 5) is 23.5. The third-order valence-electron chi connectivity index (χ3n) is 3.78. The summed E-state index contributed by atoms with van der Waals surface area (Å²) in [6.07, 6.45) is 0.878. The zero-order valence-corrected chi connectivity index (χ0v) is 15.8. The van der Waals surface area contributed by atoms with E-state index in [1.165, 1.54) is 7.11 Å². The maximum Gasteiger partial charge on any atom is 0.337 e. The molecule has 0 bridgehead atoms. The lowest BCUT2D eigenvalue weighted by Crippen LogP contribution is -2.31. The van der Waals surface area contributed by atoms with E-state index in [0.29, 0.717) is 11.3 Å². The number of esters is 1. The molecule has 0 aliphatic carbocycles. The summed E-state index contributed by atoms with van der Waals surface area (Å²) >= 11 is 3.42. The first-order chi connectivity index (χ1) is 12.0. The minimum Gasteiger partial charge on any atom is -0.465 e. The standard InChI is InChI=1S/C19H21BrN2O3/c1-3-17(13-4-8-15(20)9-5-13)21-12-18(23)22-16-10-6-14(7-11-16)19(24)25-2/h4-11,17,21H,3,12H2,1-2H3,(H,22,23)/t17-/m1/s1. The molecule has 6 heteroatoms. The van der Waals surface area contributed by atoms with Crippen molar-refractivity contribution >= 4 is 33.5 Å². The Morgan fingerprint density at radius 2 is 1.72 bits per heavy atom. The lowest BCUT2D eigenvalue weighted by atomic mass is 10.0. The van der Waals surface area contributed by atoms with Gasteiger partial charge in [-0.05, 0) is 48.4 Å². The fraction of sp³-hybridized carbons (Fsp3) is 0.263. The highest BCUT2D eigenvalue weighted by Crippen LogP contribution is 2.19. The van der Waals surface area contributed by atoms with Crippen LogP contribution in [0, 0.1) is 0 Å². The van der Waals surface area contributed by atoms with Gasteiger partial charge in [-0.1, -0.05) is 35.0 Å². The Bertz CT molecular complexity index is 714. The van der Waals surface area contributed by atoms with E-state index in [1.54, 1.807) is 24.3 Å². The number of rotatable bonds is 7. The van der Waals surface area contributed by atoms with Crippen LogP contribution in [-0.2, 0) is 9.53 Å². The quantitative estimate of drug-likeness (QED) is 0.686. The fourth-order valence-corrected chi connectivity index (χ4v) is 2.69. The Labute approximate surface area is 155 Å². The second-order valence-electron chi connectivity index (χ2n) is 5.51. The topological polar surface area (TPSA) is 67.4 Å². The van der Waals surface area contributed by atoms with Crippen molar-refractivity contribution in [3.63, 3.8) is 0 Å². The number of nitrogens with one attached hydrogen (secondary N) is 2. The molecule has 0 saturated heterocycles. The first-order valence-electron chi connectivity index (χ1n) is 8.00. The molecule has 5 nitrogen and oxygen atoms in total. The monoisotopic (exact) mass is 404 g/mol. The Balaban J connectivity index is 1.88. The van der Waals surface area contributed by atoms with Crippen LogP contribution in [0.3, 0.4) is 0 Å². The average Bonchev–Trinajstić information content (AvgIpc) is 2.63. The van der Waals surface area contributed by atoms with Gasteiger partial charge < -0.3 is 15.4 Å². The van der Waals surface area contributed by atoms with E-state index in [0.717, 1.165) is 16.5 Å². The molecular formula is C19H21BrN2O3. The lowest BCUT2D eigenvalue weighted by molar-refractivity contribution is -0.115. The van der Waals surface area contributed by atoms with E-state index < -0.39 is 5.97 Å². The zero-order valence-electron chi connectivity index (χ0n) is 14.2. The molecule has 2 aromatic rings. The third kappa shape index (κ3) is 5.69. The molecule has 0 aromatic heterocycles. The zero-order chi connectivity index (χ0) is 18.2. The molecular weight excluding hydrogens is 384 g/mol. The van der Waals surface area contributed by atoms with Gasteiger partial charge in [-0.3, -0.25) is 4.79 Å². The molecule has 0 aliphatic heterocycles. The second-order valence-corrected chi connectivity index (χ2v) is 6.43. The summed E-state index contributed by atoms with van der Waals surface area (Å²) in [5, 5.41) is 6.07. The van der Waals surface area contributed by atoms with Crippen LogP contribution in [-0.4, -0.2) is 25.5 Å². The summed E-state index contributed by atoms with van der Waals surface area (Å²) in [7, 11) is 1.33. The highest BCUT2D eigenvalue weighted by Gasteiger charge is 2.11. The normalized spacial score (nSPS) is 11.6. The molecule has 2 aromatic carbocycles. The highest BCUT2D eigenvalue weighted by atomic mass is 79.9. The number of benzene rings is 2. The van der Waals surface area contributed by atoms with Crippen LogP contribution >= 0.6 is 15.9 Å². The smallest absolute Gasteiger partial charge is 0.337 e. The lowest BCUT2D eigenvalue weighted by Gasteiger charge is -2.17. The van der Waals surface area contributed by atoms with E-state index in [9.17, 15) is 9.59 Å². The van der Waals surface area contributed by atoms with Crippen LogP contribution < -0.4 is 10.6 Å². The van der Waals surface area contributed by atoms with Gasteiger partial charge in [-0.15, -0.1) is 0 Å². The summed E-state index contributed by atoms with van der Waals surface area (Å²) in [6.45, 7) is 2.27. The average molecular weight is 405 g/mol. The SMILES string of the molecule is CC[C@@H](NCC(=O)Nc1ccc(C(=O)OC)cc1)c1ccc(Br)cc1. The van der Waals surface area contributed by atoms with Gasteiger partial charge in [0, 0.05) is 16.2 Å². The Kier molecular flexibility index (Phi) is 7.16. The van der Waals surface area contributed by atoms with Crippen molar-refractivity contribution in [1.29, 1.82) is 0 Å². The molecule has 0 fully saturated rings. The summed E-state index contributed by atoms with van der Waals surface area (Å²) < 4.78 is 5.67. The number of amides is 1. The maximum atomic E-state index is 12.1. The van der Waals surface area contributed by atoms with Crippen molar-refractivity contribution in [1.82, 2.24) is 5.32 Å². The van der Waals surface area contributed by atoms with E-state index in [2.05, 4.69) is 38.2 Å². The largest absolute Gasteiger partial charge is 0.465 e. The van der Waals surface area contributed by atoms with Crippen LogP contribution in [0.15, 0.2) is 53.0 Å². The minimum atomic E-state index is -0.403. The van der Waals surface area contributed by atoms with Crippen LogP contribution in [0.4, 0.5) is 5.69 Å². The summed E-state index contributed by atoms with van der Waals surface area (Å²) in [5.41, 5.74) is 2.22. The predicted octanol–water partition coefficient (Wildman–Crippen LogP) is 3.92. The van der Waals surface area contributed by atoms with Crippen LogP contribution in [0.5, 0.6) is 0 Å². The number of anilines is 1. The van der Waals surface area contributed by atoms with Gasteiger partial charge in [0.2, 0.25) is 5.91 Å². The van der Waals surface area contributed by atoms with Gasteiger partial charge >= 0.3 is 5.97 Å². The fourth-order valence-electron chi connectivity index (χ4n) is 2.42. The van der Waals surface area contributed by atoms with Gasteiger partial charge in [-0.2, -0.15) is 0 Å². The summed E-state index contributed by atoms with van der Waals surface area (Å²) in [5.74, 6) is -0.541. The molecule has 1 amide bonds. The van der Waals surface area contributed by atoms with Crippen LogP contribution in [0.25, 0.3) is 0 Å². The minimum absolute atomic E-state index is 0.112. The first-order valence-corrected chi connectivity index (χ1v) is 8.80. The highest BCUT2D eigenvalue weighted by molar-refractivity contribution is 9.10. The van der Waals surface area contributed by atoms with Gasteiger partial charge in [0.1, 0.15) is 0 Å². The molecule has 2 N–H and O–H groups in total. The predicted molar refractivity (Wildman–Crippen MR) is 102 cm³/mol. The molecule has 25 heavy (non-hydrogen) atoms. The molecule has 0 heterocycles. The Morgan fingerprint density at radius 3 is 2.28 bits per heavy atom. The third-order valence-corrected chi connectivity index (χ3v) is 4.31. The van der Waals surface area contributed by atoms with E-state index in [4.69, 9.17) is 0 Å². The van der Waals surface area contributed by atoms with Crippen molar-refractivity contribution in [3.05, 3.63) is 64.1 Å². The van der Waals surface area contributed by atoms with Crippen LogP contribution in [0.2, 0.25) is 0 Å². The first kappa shape index (κ1) is 19.1. The van der Waals surface area contributed by atoms with E-state index >= 15 is 0 Å². The Morgan fingerprint density at radius 1 is 1.08 bits per heavy atom. The van der Waals surface area contributed by atoms with Crippen molar-refractivity contribution in [2.75, 3.05) is 19.0 Å². The van der Waals surface area contributed by atoms with E-state index in [1.807, 2.05) is 24.3 Å². The number of carbonyl (C=O) groups excluding carboxylic acids is 2. The molecule has 0 radical (unpaired) electrons. The van der Waals surface area contributed by atoms with Crippen molar-refractivity contribution in [2.24, 2.45) is 0 Å². The van der Waals surface area contributed by atoms with Gasteiger partial charge in [0.15, 0.2) is 0 Å². The number of carbonyl (C=O) groups is 2. The number of hydrogen-bond acceptors (Lipinski definition) is 4. The molecule has 0 spiro atoms. The van der Waals surface area contributed by atoms with Crippen molar-refractivity contribution < 1.29 is 14.3 Å². The van der Waals surface area contributed by atoms with Crippen molar-refractivity contribution in [3.8, 4) is 0 Å². The van der Waals surface area contributed by atoms with Gasteiger partial charge in [0.05, 0.1) is 19.2 Å². The summed E-state index contributed by atoms with van der Waals surface area (Å²) in [6, 6.07) is 14.7. The maximum absolute atomic E-state index is 12.1. The Hall–Kier alpha value is -2.18. The molecule has 1 atom stereocenters. The van der Waals surface area contributed by atoms with Gasteiger partial charge in [0.25, 0.3) is 0 Å². The van der Waals surface area contributed by atoms with Crippen LogP contribution in [0.1, 0.15) is 35.3 Å². The molecule has 0 unspecified atom stereocenters. The number of hydrogen-bond donors (Lipinski definition) is 2. The van der Waals surface area contributed by atoms with E-state index in [-0.39, 0.29) is 18.5 Å². The number of halogens is 1. The van der Waals surface area contributed by atoms with Gasteiger partial charge in [-0.25, -0.2) is 4.79 Å². The second kappa shape index (κ2) is 9.34. The van der Waals surface area contributed by atoms with Crippen molar-refractivity contribution in [2.45, 2.75) is 19.4 Å². The molecule has 2 rings (SSSR count). The molecule has 0 saturated carbocycles. The number of ether oxygens (including phenoxy) is 1. The number of methoxy groups -OCH3 is 1. The molecule has 132 valence electrons. The molecule has 0 aliphatic rings.